The quantitative estimate of drug-likeness (QED) is 0.874. The van der Waals surface area contributed by atoms with E-state index in [1.807, 2.05) is 31.6 Å². The third kappa shape index (κ3) is 4.51. The number of hydrogen-bond donors (Lipinski definition) is 1. The average molecular weight is 347 g/mol. The number of nitrogens with zero attached hydrogens (tertiary/aromatic N) is 3. The maximum Gasteiger partial charge on any atom is 0.220 e. The van der Waals surface area contributed by atoms with Crippen LogP contribution in [0.5, 0.6) is 0 Å². The Hall–Kier alpha value is -2.01. The number of benzene rings is 1. The zero-order chi connectivity index (χ0) is 16.9. The third-order valence-electron chi connectivity index (χ3n) is 4.46. The Morgan fingerprint density at radius 1 is 1.38 bits per heavy atom. The SMILES string of the molecule is Cn1cc(CCC(=O)NCC2CCN(c3ccc(Cl)cc3)C2)cn1. The van der Waals surface area contributed by atoms with Crippen molar-refractivity contribution in [2.75, 3.05) is 24.5 Å². The fourth-order valence-electron chi connectivity index (χ4n) is 3.09. The maximum absolute atomic E-state index is 12.0. The van der Waals surface area contributed by atoms with Gasteiger partial charge in [0.1, 0.15) is 0 Å². The molecule has 1 fully saturated rings. The van der Waals surface area contributed by atoms with Gasteiger partial charge in [0.2, 0.25) is 5.91 Å². The number of hydrogen-bond acceptors (Lipinski definition) is 3. The molecule has 0 spiro atoms. The van der Waals surface area contributed by atoms with Crippen LogP contribution >= 0.6 is 11.6 Å². The molecule has 128 valence electrons. The number of carbonyl (C=O) groups is 1. The molecule has 5 nitrogen and oxygen atoms in total. The van der Waals surface area contributed by atoms with Crippen LogP contribution in [-0.2, 0) is 18.3 Å². The summed E-state index contributed by atoms with van der Waals surface area (Å²) in [5, 5.41) is 7.95. The van der Waals surface area contributed by atoms with Crippen LogP contribution in [0.3, 0.4) is 0 Å². The Balaban J connectivity index is 1.39. The summed E-state index contributed by atoms with van der Waals surface area (Å²) in [6.07, 6.45) is 6.12. The van der Waals surface area contributed by atoms with Crippen molar-refractivity contribution in [2.24, 2.45) is 13.0 Å². The number of amides is 1. The van der Waals surface area contributed by atoms with Crippen LogP contribution in [0.2, 0.25) is 5.02 Å². The zero-order valence-corrected chi connectivity index (χ0v) is 14.7. The lowest BCUT2D eigenvalue weighted by Gasteiger charge is -2.19. The smallest absolute Gasteiger partial charge is 0.220 e. The topological polar surface area (TPSA) is 50.2 Å². The van der Waals surface area contributed by atoms with Crippen molar-refractivity contribution < 1.29 is 4.79 Å². The second-order valence-corrected chi connectivity index (χ2v) is 6.84. The number of anilines is 1. The van der Waals surface area contributed by atoms with Crippen molar-refractivity contribution in [1.29, 1.82) is 0 Å². The fourth-order valence-corrected chi connectivity index (χ4v) is 3.22. The van der Waals surface area contributed by atoms with Gasteiger partial charge in [-0.1, -0.05) is 11.6 Å². The summed E-state index contributed by atoms with van der Waals surface area (Å²) in [7, 11) is 1.89. The molecule has 2 aromatic rings. The van der Waals surface area contributed by atoms with Gasteiger partial charge in [0.15, 0.2) is 0 Å². The molecule has 2 heterocycles. The van der Waals surface area contributed by atoms with Crippen LogP contribution in [0.4, 0.5) is 5.69 Å². The monoisotopic (exact) mass is 346 g/mol. The van der Waals surface area contributed by atoms with Gasteiger partial charge >= 0.3 is 0 Å². The van der Waals surface area contributed by atoms with E-state index in [4.69, 9.17) is 11.6 Å². The molecule has 1 saturated heterocycles. The van der Waals surface area contributed by atoms with Crippen molar-refractivity contribution in [1.82, 2.24) is 15.1 Å². The van der Waals surface area contributed by atoms with Crippen molar-refractivity contribution in [3.8, 4) is 0 Å². The molecule has 1 aromatic carbocycles. The molecule has 1 amide bonds. The minimum atomic E-state index is 0.115. The lowest BCUT2D eigenvalue weighted by atomic mass is 10.1. The lowest BCUT2D eigenvalue weighted by molar-refractivity contribution is -0.121. The summed E-state index contributed by atoms with van der Waals surface area (Å²) < 4.78 is 1.76. The number of nitrogens with one attached hydrogen (secondary N) is 1. The summed E-state index contributed by atoms with van der Waals surface area (Å²) in [5.41, 5.74) is 2.30. The molecule has 0 bridgehead atoms. The highest BCUT2D eigenvalue weighted by Crippen LogP contribution is 2.24. The summed E-state index contributed by atoms with van der Waals surface area (Å²) in [6.45, 7) is 2.75. The Labute approximate surface area is 147 Å². The van der Waals surface area contributed by atoms with Gasteiger partial charge in [-0.3, -0.25) is 9.48 Å². The first-order chi connectivity index (χ1) is 11.6. The normalized spacial score (nSPS) is 17.2. The summed E-state index contributed by atoms with van der Waals surface area (Å²) in [5.74, 6) is 0.617. The highest BCUT2D eigenvalue weighted by Gasteiger charge is 2.23. The van der Waals surface area contributed by atoms with E-state index in [2.05, 4.69) is 27.4 Å². The van der Waals surface area contributed by atoms with Gasteiger partial charge in [-0.25, -0.2) is 0 Å². The van der Waals surface area contributed by atoms with Crippen LogP contribution in [0, 0.1) is 5.92 Å². The Morgan fingerprint density at radius 3 is 2.88 bits per heavy atom. The van der Waals surface area contributed by atoms with Crippen molar-refractivity contribution in [3.63, 3.8) is 0 Å². The van der Waals surface area contributed by atoms with Crippen molar-refractivity contribution in [3.05, 3.63) is 47.2 Å². The lowest BCUT2D eigenvalue weighted by Crippen LogP contribution is -2.31. The predicted octanol–water partition coefficient (Wildman–Crippen LogP) is 2.65. The van der Waals surface area contributed by atoms with Gasteiger partial charge < -0.3 is 10.2 Å². The number of aryl methyl sites for hydroxylation is 2. The Bertz CT molecular complexity index is 683. The molecule has 1 aliphatic heterocycles. The average Bonchev–Trinajstić information content (AvgIpc) is 3.21. The van der Waals surface area contributed by atoms with Crippen LogP contribution < -0.4 is 10.2 Å². The number of carbonyl (C=O) groups excluding carboxylic acids is 1. The molecule has 1 atom stereocenters. The van der Waals surface area contributed by atoms with Gasteiger partial charge in [-0.15, -0.1) is 0 Å². The molecular formula is C18H23ClN4O. The van der Waals surface area contributed by atoms with Gasteiger partial charge in [0.25, 0.3) is 0 Å². The largest absolute Gasteiger partial charge is 0.371 e. The summed E-state index contributed by atoms with van der Waals surface area (Å²) in [4.78, 5) is 14.4. The number of rotatable bonds is 6. The third-order valence-corrected chi connectivity index (χ3v) is 4.72. The highest BCUT2D eigenvalue weighted by molar-refractivity contribution is 6.30. The van der Waals surface area contributed by atoms with Crippen molar-refractivity contribution in [2.45, 2.75) is 19.3 Å². The molecule has 1 aromatic heterocycles. The standard InChI is InChI=1S/C18H23ClN4O/c1-22-12-14(11-21-22)2-7-18(24)20-10-15-8-9-23(13-15)17-5-3-16(19)4-6-17/h3-6,11-12,15H,2,7-10,13H2,1H3,(H,20,24). The van der Waals surface area contributed by atoms with E-state index in [9.17, 15) is 4.79 Å². The van der Waals surface area contributed by atoms with Gasteiger partial charge in [0.05, 0.1) is 6.20 Å². The summed E-state index contributed by atoms with van der Waals surface area (Å²) >= 11 is 5.94. The minimum absolute atomic E-state index is 0.115. The van der Waals surface area contributed by atoms with Crippen LogP contribution in [0.1, 0.15) is 18.4 Å². The zero-order valence-electron chi connectivity index (χ0n) is 13.9. The Kier molecular flexibility index (Phi) is 5.41. The molecule has 1 unspecified atom stereocenters. The molecule has 0 radical (unpaired) electrons. The van der Waals surface area contributed by atoms with E-state index in [1.165, 1.54) is 5.69 Å². The van der Waals surface area contributed by atoms with Crippen LogP contribution in [0.25, 0.3) is 0 Å². The van der Waals surface area contributed by atoms with Crippen molar-refractivity contribution >= 4 is 23.2 Å². The van der Waals surface area contributed by atoms with Gasteiger partial charge in [0, 0.05) is 50.0 Å². The maximum atomic E-state index is 12.0. The van der Waals surface area contributed by atoms with E-state index in [0.717, 1.165) is 43.1 Å². The summed E-state index contributed by atoms with van der Waals surface area (Å²) in [6, 6.07) is 7.95. The fraction of sp³-hybridized carbons (Fsp3) is 0.444. The highest BCUT2D eigenvalue weighted by atomic mass is 35.5. The molecule has 6 heteroatoms. The molecule has 0 aliphatic carbocycles. The van der Waals surface area contributed by atoms with E-state index >= 15 is 0 Å². The van der Waals surface area contributed by atoms with Gasteiger partial charge in [-0.05, 0) is 48.6 Å². The number of aromatic nitrogens is 2. The van der Waals surface area contributed by atoms with Gasteiger partial charge in [-0.2, -0.15) is 5.10 Å². The molecule has 24 heavy (non-hydrogen) atoms. The van der Waals surface area contributed by atoms with E-state index in [-0.39, 0.29) is 5.91 Å². The number of halogens is 1. The van der Waals surface area contributed by atoms with E-state index in [0.29, 0.717) is 12.3 Å². The van der Waals surface area contributed by atoms with Crippen LogP contribution in [-0.4, -0.2) is 35.3 Å². The van der Waals surface area contributed by atoms with Crippen LogP contribution in [0.15, 0.2) is 36.7 Å². The van der Waals surface area contributed by atoms with E-state index < -0.39 is 0 Å². The molecular weight excluding hydrogens is 324 g/mol. The predicted molar refractivity (Wildman–Crippen MR) is 96.3 cm³/mol. The minimum Gasteiger partial charge on any atom is -0.371 e. The molecule has 1 N–H and O–H groups in total. The molecule has 1 aliphatic rings. The first-order valence-electron chi connectivity index (χ1n) is 8.35. The second kappa shape index (κ2) is 7.71. The molecule has 3 rings (SSSR count). The first kappa shape index (κ1) is 16.8. The Morgan fingerprint density at radius 2 is 2.17 bits per heavy atom. The van der Waals surface area contributed by atoms with E-state index in [1.54, 1.807) is 4.68 Å². The first-order valence-corrected chi connectivity index (χ1v) is 8.72. The molecule has 0 saturated carbocycles. The second-order valence-electron chi connectivity index (χ2n) is 6.40.